The molecule has 0 N–H and O–H groups in total. The molecule has 1 heterocycles. The van der Waals surface area contributed by atoms with Crippen LogP contribution in [0.15, 0.2) is 12.2 Å². The monoisotopic (exact) mass is 143 g/mol. The molecule has 0 aromatic carbocycles. The number of rotatable bonds is 2. The minimum Gasteiger partial charge on any atom is -0.297 e. The molecular formula is C8H14FN. The van der Waals surface area contributed by atoms with Gasteiger partial charge in [-0.2, -0.15) is 0 Å². The van der Waals surface area contributed by atoms with Crippen LogP contribution in [0.5, 0.6) is 0 Å². The van der Waals surface area contributed by atoms with Gasteiger partial charge in [-0.3, -0.25) is 4.90 Å². The highest BCUT2D eigenvalue weighted by atomic mass is 19.1. The van der Waals surface area contributed by atoms with Crippen LogP contribution in [-0.2, 0) is 0 Å². The van der Waals surface area contributed by atoms with Gasteiger partial charge in [0.25, 0.3) is 0 Å². The standard InChI is InChI=1S/C8H14FN/c1-8-3-2-5-10(7-8)6-4-9/h1-7H2. The molecule has 1 saturated heterocycles. The first-order chi connectivity index (χ1) is 4.83. The van der Waals surface area contributed by atoms with E-state index in [0.29, 0.717) is 6.54 Å². The van der Waals surface area contributed by atoms with Crippen LogP contribution in [0.3, 0.4) is 0 Å². The van der Waals surface area contributed by atoms with E-state index in [2.05, 4.69) is 11.5 Å². The number of halogens is 1. The van der Waals surface area contributed by atoms with Gasteiger partial charge in [-0.25, -0.2) is 4.39 Å². The van der Waals surface area contributed by atoms with E-state index < -0.39 is 0 Å². The molecule has 1 fully saturated rings. The first-order valence-electron chi connectivity index (χ1n) is 3.78. The van der Waals surface area contributed by atoms with Gasteiger partial charge in [-0.1, -0.05) is 12.2 Å². The Morgan fingerprint density at radius 2 is 2.40 bits per heavy atom. The van der Waals surface area contributed by atoms with Gasteiger partial charge in [0.2, 0.25) is 0 Å². The first kappa shape index (κ1) is 7.73. The highest BCUT2D eigenvalue weighted by Crippen LogP contribution is 2.12. The summed E-state index contributed by atoms with van der Waals surface area (Å²) < 4.78 is 11.8. The summed E-state index contributed by atoms with van der Waals surface area (Å²) in [5.74, 6) is 0. The van der Waals surface area contributed by atoms with E-state index in [1.165, 1.54) is 5.57 Å². The molecule has 1 rings (SSSR count). The van der Waals surface area contributed by atoms with Crippen molar-refractivity contribution in [3.8, 4) is 0 Å². The van der Waals surface area contributed by atoms with Crippen LogP contribution in [-0.4, -0.2) is 31.2 Å². The summed E-state index contributed by atoms with van der Waals surface area (Å²) in [5, 5.41) is 0. The van der Waals surface area contributed by atoms with E-state index in [1.807, 2.05) is 0 Å². The number of alkyl halides is 1. The molecule has 0 amide bonds. The number of piperidine rings is 1. The molecule has 1 aliphatic heterocycles. The molecule has 0 bridgehead atoms. The van der Waals surface area contributed by atoms with Gasteiger partial charge in [0.05, 0.1) is 0 Å². The topological polar surface area (TPSA) is 3.24 Å². The number of hydrogen-bond acceptors (Lipinski definition) is 1. The highest BCUT2D eigenvalue weighted by Gasteiger charge is 2.11. The zero-order valence-electron chi connectivity index (χ0n) is 6.27. The molecule has 0 saturated carbocycles. The van der Waals surface area contributed by atoms with Crippen LogP contribution < -0.4 is 0 Å². The van der Waals surface area contributed by atoms with Gasteiger partial charge in [-0.05, 0) is 19.4 Å². The third-order valence-electron chi connectivity index (χ3n) is 1.85. The highest BCUT2D eigenvalue weighted by molar-refractivity contribution is 5.00. The molecule has 58 valence electrons. The van der Waals surface area contributed by atoms with Crippen LogP contribution in [0.1, 0.15) is 12.8 Å². The second-order valence-corrected chi connectivity index (χ2v) is 2.82. The zero-order valence-corrected chi connectivity index (χ0v) is 6.27. The molecule has 0 aliphatic carbocycles. The lowest BCUT2D eigenvalue weighted by molar-refractivity contribution is 0.242. The van der Waals surface area contributed by atoms with E-state index in [1.54, 1.807) is 0 Å². The average molecular weight is 143 g/mol. The SMILES string of the molecule is C=C1CCCN(CCF)C1. The third kappa shape index (κ3) is 2.10. The van der Waals surface area contributed by atoms with Crippen LogP contribution in [0.4, 0.5) is 4.39 Å². The van der Waals surface area contributed by atoms with Crippen molar-refractivity contribution >= 4 is 0 Å². The fourth-order valence-electron chi connectivity index (χ4n) is 1.34. The summed E-state index contributed by atoms with van der Waals surface area (Å²) >= 11 is 0. The van der Waals surface area contributed by atoms with Gasteiger partial charge < -0.3 is 0 Å². The lowest BCUT2D eigenvalue weighted by atomic mass is 10.1. The van der Waals surface area contributed by atoms with Gasteiger partial charge in [0.15, 0.2) is 0 Å². The van der Waals surface area contributed by atoms with E-state index in [-0.39, 0.29) is 6.67 Å². The van der Waals surface area contributed by atoms with E-state index in [4.69, 9.17) is 0 Å². The Labute approximate surface area is 61.5 Å². The Morgan fingerprint density at radius 3 is 3.00 bits per heavy atom. The van der Waals surface area contributed by atoms with Crippen molar-refractivity contribution in [3.05, 3.63) is 12.2 Å². The summed E-state index contributed by atoms with van der Waals surface area (Å²) in [7, 11) is 0. The molecule has 1 aliphatic rings. The Hall–Kier alpha value is -0.370. The fraction of sp³-hybridized carbons (Fsp3) is 0.750. The second kappa shape index (κ2) is 3.71. The Kier molecular flexibility index (Phi) is 2.87. The van der Waals surface area contributed by atoms with E-state index in [0.717, 1.165) is 25.9 Å². The predicted molar refractivity (Wildman–Crippen MR) is 40.8 cm³/mol. The maximum absolute atomic E-state index is 11.8. The van der Waals surface area contributed by atoms with Crippen molar-refractivity contribution in [1.29, 1.82) is 0 Å². The van der Waals surface area contributed by atoms with Crippen molar-refractivity contribution in [2.75, 3.05) is 26.3 Å². The molecule has 0 radical (unpaired) electrons. The van der Waals surface area contributed by atoms with Crippen molar-refractivity contribution in [2.24, 2.45) is 0 Å². The van der Waals surface area contributed by atoms with Gasteiger partial charge in [0.1, 0.15) is 6.67 Å². The predicted octanol–water partition coefficient (Wildman–Crippen LogP) is 1.61. The van der Waals surface area contributed by atoms with Crippen LogP contribution in [0, 0.1) is 0 Å². The molecular weight excluding hydrogens is 129 g/mol. The van der Waals surface area contributed by atoms with Crippen LogP contribution in [0.25, 0.3) is 0 Å². The van der Waals surface area contributed by atoms with Gasteiger partial charge >= 0.3 is 0 Å². The number of likely N-dealkylation sites (tertiary alicyclic amines) is 1. The molecule has 0 aromatic heterocycles. The minimum absolute atomic E-state index is 0.229. The molecule has 10 heavy (non-hydrogen) atoms. The second-order valence-electron chi connectivity index (χ2n) is 2.82. The van der Waals surface area contributed by atoms with E-state index >= 15 is 0 Å². The molecule has 0 unspecified atom stereocenters. The van der Waals surface area contributed by atoms with Crippen molar-refractivity contribution in [3.63, 3.8) is 0 Å². The van der Waals surface area contributed by atoms with Gasteiger partial charge in [0, 0.05) is 13.1 Å². The van der Waals surface area contributed by atoms with Crippen molar-refractivity contribution in [2.45, 2.75) is 12.8 Å². The average Bonchev–Trinajstić information content (AvgIpc) is 1.88. The van der Waals surface area contributed by atoms with Crippen molar-refractivity contribution < 1.29 is 4.39 Å². The Morgan fingerprint density at radius 1 is 1.60 bits per heavy atom. The Bertz CT molecular complexity index is 120. The summed E-state index contributed by atoms with van der Waals surface area (Å²) in [4.78, 5) is 2.12. The minimum atomic E-state index is -0.229. The summed E-state index contributed by atoms with van der Waals surface area (Å²) in [6.45, 7) is 6.19. The van der Waals surface area contributed by atoms with Crippen molar-refractivity contribution in [1.82, 2.24) is 4.90 Å². The van der Waals surface area contributed by atoms with Gasteiger partial charge in [-0.15, -0.1) is 0 Å². The lowest BCUT2D eigenvalue weighted by Crippen LogP contribution is -2.32. The lowest BCUT2D eigenvalue weighted by Gasteiger charge is -2.26. The maximum atomic E-state index is 11.8. The quantitative estimate of drug-likeness (QED) is 0.531. The zero-order chi connectivity index (χ0) is 7.40. The molecule has 0 aromatic rings. The first-order valence-corrected chi connectivity index (χ1v) is 3.78. The molecule has 0 atom stereocenters. The normalized spacial score (nSPS) is 21.5. The van der Waals surface area contributed by atoms with Crippen LogP contribution >= 0.6 is 0 Å². The summed E-state index contributed by atoms with van der Waals surface area (Å²) in [6, 6.07) is 0. The summed E-state index contributed by atoms with van der Waals surface area (Å²) in [5.41, 5.74) is 1.25. The molecule has 1 nitrogen and oxygen atoms in total. The number of nitrogens with zero attached hydrogens (tertiary/aromatic N) is 1. The van der Waals surface area contributed by atoms with Crippen LogP contribution in [0.2, 0.25) is 0 Å². The largest absolute Gasteiger partial charge is 0.297 e. The number of hydrogen-bond donors (Lipinski definition) is 0. The summed E-state index contributed by atoms with van der Waals surface area (Å²) in [6.07, 6.45) is 2.28. The third-order valence-corrected chi connectivity index (χ3v) is 1.85. The maximum Gasteiger partial charge on any atom is 0.102 e. The Balaban J connectivity index is 2.25. The van der Waals surface area contributed by atoms with E-state index in [9.17, 15) is 4.39 Å². The fourth-order valence-corrected chi connectivity index (χ4v) is 1.34. The molecule has 0 spiro atoms. The molecule has 2 heteroatoms. The smallest absolute Gasteiger partial charge is 0.102 e.